The summed E-state index contributed by atoms with van der Waals surface area (Å²) in [6.07, 6.45) is 3.16. The molecule has 0 spiro atoms. The highest BCUT2D eigenvalue weighted by molar-refractivity contribution is 6.45. The Hall–Kier alpha value is -6.71. The second kappa shape index (κ2) is 18.1. The van der Waals surface area contributed by atoms with Gasteiger partial charge in [0.05, 0.1) is 78.6 Å². The molecule has 21 heteroatoms. The molecule has 1 fully saturated rings. The van der Waals surface area contributed by atoms with E-state index < -0.39 is 27.2 Å². The number of carbonyl (C=O) groups is 3. The van der Waals surface area contributed by atoms with Gasteiger partial charge in [-0.3, -0.25) is 34.6 Å². The summed E-state index contributed by atoms with van der Waals surface area (Å²) in [5.74, 6) is -0.167. The molecule has 1 aliphatic heterocycles. The lowest BCUT2D eigenvalue weighted by Gasteiger charge is -2.26. The fourth-order valence-corrected chi connectivity index (χ4v) is 5.96. The molecule has 294 valence electrons. The SMILES string of the molecule is COc1ccc(-c2ccc(CNC(=O)COCCn3cc(COCCNc4ccc([N+](=O)[O-])cc4[N+](=O)[O-])nn3)o2)c2[nH]cc(C(=O)C(=O)N3CCNCC3)c12. The molecule has 2 aromatic carbocycles. The van der Waals surface area contributed by atoms with E-state index in [1.165, 1.54) is 35.0 Å². The van der Waals surface area contributed by atoms with Crippen molar-refractivity contribution in [1.29, 1.82) is 0 Å². The van der Waals surface area contributed by atoms with E-state index in [-0.39, 0.29) is 62.4 Å². The van der Waals surface area contributed by atoms with Crippen LogP contribution < -0.4 is 20.7 Å². The Morgan fingerprint density at radius 2 is 1.84 bits per heavy atom. The van der Waals surface area contributed by atoms with Gasteiger partial charge in [0, 0.05) is 50.6 Å². The zero-order valence-electron chi connectivity index (χ0n) is 30.1. The molecule has 1 saturated heterocycles. The number of piperazine rings is 1. The number of ether oxygens (including phenoxy) is 3. The Morgan fingerprint density at radius 3 is 2.61 bits per heavy atom. The molecule has 1 aliphatic rings. The van der Waals surface area contributed by atoms with Crippen molar-refractivity contribution in [2.24, 2.45) is 0 Å². The largest absolute Gasteiger partial charge is 0.496 e. The van der Waals surface area contributed by atoms with E-state index in [4.69, 9.17) is 18.6 Å². The number of hydrogen-bond acceptors (Lipinski definition) is 15. The first-order valence-corrected chi connectivity index (χ1v) is 17.4. The molecule has 0 radical (unpaired) electrons. The number of carbonyl (C=O) groups excluding carboxylic acids is 3. The van der Waals surface area contributed by atoms with Gasteiger partial charge in [-0.25, -0.2) is 4.68 Å². The Morgan fingerprint density at radius 1 is 1.02 bits per heavy atom. The molecule has 0 aliphatic carbocycles. The number of H-pyrrole nitrogens is 1. The quantitative estimate of drug-likeness (QED) is 0.0309. The number of furan rings is 1. The number of fused-ring (bicyclic) bond motifs is 1. The van der Waals surface area contributed by atoms with Crippen LogP contribution in [0, 0.1) is 20.2 Å². The molecule has 56 heavy (non-hydrogen) atoms. The Kier molecular flexibility index (Phi) is 12.6. The van der Waals surface area contributed by atoms with E-state index >= 15 is 0 Å². The van der Waals surface area contributed by atoms with Gasteiger partial charge in [-0.05, 0) is 30.3 Å². The minimum absolute atomic E-state index is 0.0991. The summed E-state index contributed by atoms with van der Waals surface area (Å²) in [5.41, 5.74) is 1.29. The number of aromatic amines is 1. The number of Topliss-reactive ketones (excluding diaryl/α,β-unsaturated/α-hetero) is 1. The van der Waals surface area contributed by atoms with Crippen LogP contribution in [0.25, 0.3) is 22.2 Å². The average molecular weight is 775 g/mol. The number of nitro groups is 2. The van der Waals surface area contributed by atoms with Crippen molar-refractivity contribution in [2.75, 3.05) is 65.0 Å². The molecule has 0 saturated carbocycles. The molecular formula is C35H38N10O11. The number of methoxy groups -OCH3 is 1. The number of aromatic nitrogens is 4. The lowest BCUT2D eigenvalue weighted by molar-refractivity contribution is -0.393. The van der Waals surface area contributed by atoms with Crippen molar-refractivity contribution in [3.63, 3.8) is 0 Å². The summed E-state index contributed by atoms with van der Waals surface area (Å²) in [6, 6.07) is 10.3. The summed E-state index contributed by atoms with van der Waals surface area (Å²) < 4.78 is 24.1. The fraction of sp³-hybridized carbons (Fsp3) is 0.343. The van der Waals surface area contributed by atoms with Gasteiger partial charge in [0.1, 0.15) is 35.3 Å². The highest BCUT2D eigenvalue weighted by atomic mass is 16.6. The second-order valence-corrected chi connectivity index (χ2v) is 12.4. The van der Waals surface area contributed by atoms with E-state index in [2.05, 4.69) is 31.2 Å². The zero-order chi connectivity index (χ0) is 39.6. The monoisotopic (exact) mass is 774 g/mol. The van der Waals surface area contributed by atoms with Crippen LogP contribution in [0.2, 0.25) is 0 Å². The van der Waals surface area contributed by atoms with Crippen LogP contribution in [0.4, 0.5) is 17.1 Å². The van der Waals surface area contributed by atoms with Crippen LogP contribution in [0.5, 0.6) is 5.75 Å². The first kappa shape index (κ1) is 39.0. The third-order valence-electron chi connectivity index (χ3n) is 8.73. The second-order valence-electron chi connectivity index (χ2n) is 12.4. The molecule has 0 atom stereocenters. The smallest absolute Gasteiger partial charge is 0.299 e. The fourth-order valence-electron chi connectivity index (χ4n) is 5.96. The van der Waals surface area contributed by atoms with Gasteiger partial charge in [0.25, 0.3) is 23.1 Å². The molecule has 4 heterocycles. The summed E-state index contributed by atoms with van der Waals surface area (Å²) in [6.45, 7) is 3.03. The molecule has 0 bridgehead atoms. The third kappa shape index (κ3) is 9.32. The van der Waals surface area contributed by atoms with Crippen molar-refractivity contribution in [2.45, 2.75) is 19.7 Å². The van der Waals surface area contributed by atoms with E-state index in [1.807, 2.05) is 0 Å². The van der Waals surface area contributed by atoms with Crippen LogP contribution in [-0.4, -0.2) is 112 Å². The predicted octanol–water partition coefficient (Wildman–Crippen LogP) is 2.42. The maximum atomic E-state index is 13.3. The Bertz CT molecular complexity index is 2220. The third-order valence-corrected chi connectivity index (χ3v) is 8.73. The van der Waals surface area contributed by atoms with Gasteiger partial charge in [-0.2, -0.15) is 0 Å². The highest BCUT2D eigenvalue weighted by Crippen LogP contribution is 2.37. The molecule has 21 nitrogen and oxygen atoms in total. The van der Waals surface area contributed by atoms with Crippen molar-refractivity contribution in [3.05, 3.63) is 92.1 Å². The maximum absolute atomic E-state index is 13.3. The number of benzene rings is 2. The van der Waals surface area contributed by atoms with Gasteiger partial charge >= 0.3 is 0 Å². The van der Waals surface area contributed by atoms with Crippen LogP contribution in [0.15, 0.2) is 59.3 Å². The number of amides is 2. The molecule has 2 amide bonds. The van der Waals surface area contributed by atoms with E-state index in [0.717, 1.165) is 6.07 Å². The van der Waals surface area contributed by atoms with Crippen LogP contribution in [0.1, 0.15) is 21.8 Å². The topological polar surface area (TPSA) is 264 Å². The normalized spacial score (nSPS) is 12.8. The van der Waals surface area contributed by atoms with Crippen LogP contribution in [0.3, 0.4) is 0 Å². The number of nitrogens with zero attached hydrogens (tertiary/aromatic N) is 6. The van der Waals surface area contributed by atoms with Crippen LogP contribution >= 0.6 is 0 Å². The molecule has 4 N–H and O–H groups in total. The van der Waals surface area contributed by atoms with Gasteiger partial charge < -0.3 is 44.5 Å². The molecule has 5 aromatic rings. The first-order valence-electron chi connectivity index (χ1n) is 17.4. The summed E-state index contributed by atoms with van der Waals surface area (Å²) in [7, 11) is 1.49. The van der Waals surface area contributed by atoms with Gasteiger partial charge in [0.2, 0.25) is 5.91 Å². The predicted molar refractivity (Wildman–Crippen MR) is 197 cm³/mol. The number of hydrogen-bond donors (Lipinski definition) is 4. The van der Waals surface area contributed by atoms with Gasteiger partial charge in [-0.1, -0.05) is 5.21 Å². The minimum atomic E-state index is -0.703. The number of ketones is 1. The lowest BCUT2D eigenvalue weighted by atomic mass is 10.0. The lowest BCUT2D eigenvalue weighted by Crippen LogP contribution is -2.48. The van der Waals surface area contributed by atoms with E-state index in [0.29, 0.717) is 72.2 Å². The van der Waals surface area contributed by atoms with E-state index in [1.54, 1.807) is 30.5 Å². The van der Waals surface area contributed by atoms with Crippen molar-refractivity contribution in [1.82, 2.24) is 35.5 Å². The first-order chi connectivity index (χ1) is 27.1. The Labute approximate surface area is 317 Å². The van der Waals surface area contributed by atoms with Crippen molar-refractivity contribution in [3.8, 4) is 17.1 Å². The van der Waals surface area contributed by atoms with Gasteiger partial charge in [0.15, 0.2) is 0 Å². The number of nitrogens with one attached hydrogen (secondary N) is 4. The highest BCUT2D eigenvalue weighted by Gasteiger charge is 2.29. The molecule has 3 aromatic heterocycles. The molecule has 0 unspecified atom stereocenters. The maximum Gasteiger partial charge on any atom is 0.299 e. The van der Waals surface area contributed by atoms with E-state index in [9.17, 15) is 34.6 Å². The Balaban J connectivity index is 0.918. The standard InChI is InChI=1S/C35H38N10O11/c1-53-30-7-4-25(33-32(30)26(18-39-33)34(47)35(48)42-11-8-36-9-12-42)29-6-3-24(56-29)17-38-31(46)21-55-15-13-43-19-22(40-41-43)20-54-14-10-37-27-5-2-23(44(49)50)16-28(27)45(51)52/h2-7,16,18-19,36-37,39H,8-15,17,20-21H2,1H3,(H,38,46). The van der Waals surface area contributed by atoms with Gasteiger partial charge in [-0.15, -0.1) is 5.10 Å². The summed E-state index contributed by atoms with van der Waals surface area (Å²) >= 11 is 0. The number of non-ortho nitro benzene ring substituents is 1. The minimum Gasteiger partial charge on any atom is -0.496 e. The van der Waals surface area contributed by atoms with Crippen LogP contribution in [-0.2, 0) is 38.8 Å². The summed E-state index contributed by atoms with van der Waals surface area (Å²) in [5, 5.41) is 39.4. The zero-order valence-corrected chi connectivity index (χ0v) is 30.1. The molecule has 6 rings (SSSR count). The number of rotatable bonds is 19. The summed E-state index contributed by atoms with van der Waals surface area (Å²) in [4.78, 5) is 64.2. The number of anilines is 1. The molecular weight excluding hydrogens is 736 g/mol. The number of nitro benzene ring substituents is 2. The van der Waals surface area contributed by atoms with Crippen molar-refractivity contribution >= 4 is 45.6 Å². The van der Waals surface area contributed by atoms with Crippen molar-refractivity contribution < 1.29 is 42.9 Å². The average Bonchev–Trinajstić information content (AvgIpc) is 3.99.